The minimum absolute atomic E-state index is 0.0513. The molecule has 0 aliphatic carbocycles. The number of piperazine rings is 1. The van der Waals surface area contributed by atoms with Gasteiger partial charge in [0.25, 0.3) is 0 Å². The summed E-state index contributed by atoms with van der Waals surface area (Å²) in [6.07, 6.45) is 0.278. The summed E-state index contributed by atoms with van der Waals surface area (Å²) in [5, 5.41) is 3.03. The largest absolute Gasteiger partial charge is 0.493 e. The van der Waals surface area contributed by atoms with Gasteiger partial charge < -0.3 is 24.6 Å². The van der Waals surface area contributed by atoms with Gasteiger partial charge in [0.05, 0.1) is 20.6 Å². The first-order chi connectivity index (χ1) is 14.0. The highest BCUT2D eigenvalue weighted by Gasteiger charge is 2.17. The average molecular weight is 398 g/mol. The number of carbonyl (C=O) groups is 1. The van der Waals surface area contributed by atoms with Crippen LogP contribution >= 0.6 is 0 Å². The molecular formula is C23H31N3O3. The van der Waals surface area contributed by atoms with E-state index in [4.69, 9.17) is 9.47 Å². The molecule has 6 heteroatoms. The van der Waals surface area contributed by atoms with Crippen LogP contribution in [0.5, 0.6) is 11.5 Å². The molecule has 1 amide bonds. The van der Waals surface area contributed by atoms with Gasteiger partial charge in [-0.05, 0) is 54.9 Å². The molecule has 0 radical (unpaired) electrons. The van der Waals surface area contributed by atoms with Gasteiger partial charge in [-0.25, -0.2) is 0 Å². The third-order valence-corrected chi connectivity index (χ3v) is 5.48. The molecule has 0 bridgehead atoms. The van der Waals surface area contributed by atoms with Crippen LogP contribution in [0.2, 0.25) is 0 Å². The van der Waals surface area contributed by atoms with Crippen LogP contribution in [0.1, 0.15) is 18.1 Å². The Morgan fingerprint density at radius 3 is 2.34 bits per heavy atom. The number of likely N-dealkylation sites (N-methyl/N-ethyl adjacent to an activating group) is 1. The van der Waals surface area contributed by atoms with Crippen LogP contribution in [0.4, 0.5) is 11.4 Å². The van der Waals surface area contributed by atoms with Crippen LogP contribution in [0.15, 0.2) is 36.4 Å². The lowest BCUT2D eigenvalue weighted by Crippen LogP contribution is -2.46. The Labute approximate surface area is 173 Å². The van der Waals surface area contributed by atoms with E-state index in [9.17, 15) is 4.79 Å². The van der Waals surface area contributed by atoms with Gasteiger partial charge in [-0.3, -0.25) is 4.79 Å². The molecule has 2 aromatic carbocycles. The zero-order chi connectivity index (χ0) is 20.8. The summed E-state index contributed by atoms with van der Waals surface area (Å²) in [6, 6.07) is 11.8. The fourth-order valence-corrected chi connectivity index (χ4v) is 3.68. The molecule has 0 unspecified atom stereocenters. The van der Waals surface area contributed by atoms with E-state index in [1.165, 1.54) is 5.69 Å². The van der Waals surface area contributed by atoms with Crippen molar-refractivity contribution < 1.29 is 14.3 Å². The molecular weight excluding hydrogens is 366 g/mol. The van der Waals surface area contributed by atoms with Crippen molar-refractivity contribution in [1.29, 1.82) is 0 Å². The Balaban J connectivity index is 1.62. The van der Waals surface area contributed by atoms with Gasteiger partial charge in [-0.15, -0.1) is 0 Å². The predicted molar refractivity (Wildman–Crippen MR) is 117 cm³/mol. The molecule has 1 fully saturated rings. The van der Waals surface area contributed by atoms with Gasteiger partial charge in [0, 0.05) is 37.6 Å². The lowest BCUT2D eigenvalue weighted by Gasteiger charge is -2.35. The Hall–Kier alpha value is -2.73. The Bertz CT molecular complexity index is 845. The SMILES string of the molecule is CCN1CCN(c2ccc(NC(=O)Cc3ccc(OC)c(OC)c3)c(C)c2)CC1. The third-order valence-electron chi connectivity index (χ3n) is 5.48. The number of hydrogen-bond acceptors (Lipinski definition) is 5. The number of anilines is 2. The van der Waals surface area contributed by atoms with Crippen LogP contribution in [-0.4, -0.2) is 57.8 Å². The first kappa shape index (κ1) is 21.0. The zero-order valence-electron chi connectivity index (χ0n) is 17.8. The summed E-state index contributed by atoms with van der Waals surface area (Å²) >= 11 is 0. The number of benzene rings is 2. The fraction of sp³-hybridized carbons (Fsp3) is 0.435. The maximum atomic E-state index is 12.5. The molecule has 1 heterocycles. The summed E-state index contributed by atoms with van der Waals surface area (Å²) in [4.78, 5) is 17.4. The molecule has 29 heavy (non-hydrogen) atoms. The van der Waals surface area contributed by atoms with Crippen LogP contribution in [0.3, 0.4) is 0 Å². The van der Waals surface area contributed by atoms with Crippen molar-refractivity contribution in [2.24, 2.45) is 0 Å². The van der Waals surface area contributed by atoms with Crippen molar-refractivity contribution in [3.05, 3.63) is 47.5 Å². The van der Waals surface area contributed by atoms with Crippen molar-refractivity contribution in [2.45, 2.75) is 20.3 Å². The van der Waals surface area contributed by atoms with E-state index in [-0.39, 0.29) is 12.3 Å². The molecule has 0 aromatic heterocycles. The van der Waals surface area contributed by atoms with Gasteiger partial charge in [-0.2, -0.15) is 0 Å². The van der Waals surface area contributed by atoms with Gasteiger partial charge >= 0.3 is 0 Å². The smallest absolute Gasteiger partial charge is 0.228 e. The summed E-state index contributed by atoms with van der Waals surface area (Å²) < 4.78 is 10.6. The van der Waals surface area contributed by atoms with Crippen LogP contribution in [0.25, 0.3) is 0 Å². The number of amides is 1. The molecule has 1 N–H and O–H groups in total. The second-order valence-electron chi connectivity index (χ2n) is 7.33. The van der Waals surface area contributed by atoms with E-state index in [1.54, 1.807) is 14.2 Å². The van der Waals surface area contributed by atoms with Crippen molar-refractivity contribution in [3.8, 4) is 11.5 Å². The Morgan fingerprint density at radius 1 is 1.00 bits per heavy atom. The lowest BCUT2D eigenvalue weighted by molar-refractivity contribution is -0.115. The number of nitrogens with one attached hydrogen (secondary N) is 1. The number of hydrogen-bond donors (Lipinski definition) is 1. The predicted octanol–water partition coefficient (Wildman–Crippen LogP) is 3.34. The van der Waals surface area contributed by atoms with Gasteiger partial charge in [0.15, 0.2) is 11.5 Å². The maximum absolute atomic E-state index is 12.5. The minimum Gasteiger partial charge on any atom is -0.493 e. The minimum atomic E-state index is -0.0513. The Morgan fingerprint density at radius 2 is 1.72 bits per heavy atom. The summed E-state index contributed by atoms with van der Waals surface area (Å²) in [7, 11) is 3.19. The van der Waals surface area contributed by atoms with E-state index in [0.717, 1.165) is 49.5 Å². The molecule has 2 aromatic rings. The molecule has 1 aliphatic heterocycles. The maximum Gasteiger partial charge on any atom is 0.228 e. The Kier molecular flexibility index (Phi) is 6.99. The number of ether oxygens (including phenoxy) is 2. The average Bonchev–Trinajstić information content (AvgIpc) is 2.75. The highest BCUT2D eigenvalue weighted by molar-refractivity contribution is 5.93. The molecule has 156 valence electrons. The quantitative estimate of drug-likeness (QED) is 0.777. The first-order valence-electron chi connectivity index (χ1n) is 10.1. The molecule has 0 spiro atoms. The number of aryl methyl sites for hydroxylation is 1. The zero-order valence-corrected chi connectivity index (χ0v) is 17.8. The van der Waals surface area contributed by atoms with Crippen molar-refractivity contribution >= 4 is 17.3 Å². The number of rotatable bonds is 7. The van der Waals surface area contributed by atoms with E-state index in [2.05, 4.69) is 34.2 Å². The molecule has 1 aliphatic rings. The highest BCUT2D eigenvalue weighted by atomic mass is 16.5. The van der Waals surface area contributed by atoms with E-state index >= 15 is 0 Å². The molecule has 1 saturated heterocycles. The summed E-state index contributed by atoms with van der Waals surface area (Å²) in [5.74, 6) is 1.23. The van der Waals surface area contributed by atoms with Gasteiger partial charge in [0.2, 0.25) is 5.91 Å². The topological polar surface area (TPSA) is 54.0 Å². The van der Waals surface area contributed by atoms with Crippen LogP contribution in [-0.2, 0) is 11.2 Å². The monoisotopic (exact) mass is 397 g/mol. The highest BCUT2D eigenvalue weighted by Crippen LogP contribution is 2.28. The number of nitrogens with zero attached hydrogens (tertiary/aromatic N) is 2. The molecule has 0 saturated carbocycles. The van der Waals surface area contributed by atoms with Gasteiger partial charge in [0.1, 0.15) is 0 Å². The third kappa shape index (κ3) is 5.21. The number of methoxy groups -OCH3 is 2. The van der Waals surface area contributed by atoms with Gasteiger partial charge in [-0.1, -0.05) is 13.0 Å². The van der Waals surface area contributed by atoms with Crippen molar-refractivity contribution in [2.75, 3.05) is 57.2 Å². The second-order valence-corrected chi connectivity index (χ2v) is 7.33. The van der Waals surface area contributed by atoms with E-state index < -0.39 is 0 Å². The lowest BCUT2D eigenvalue weighted by atomic mass is 10.1. The van der Waals surface area contributed by atoms with E-state index in [1.807, 2.05) is 31.2 Å². The standard InChI is InChI=1S/C23H31N3O3/c1-5-25-10-12-26(13-11-25)19-7-8-20(17(2)14-19)24-23(27)16-18-6-9-21(28-3)22(15-18)29-4/h6-9,14-15H,5,10-13,16H2,1-4H3,(H,24,27). The van der Waals surface area contributed by atoms with Crippen molar-refractivity contribution in [1.82, 2.24) is 4.90 Å². The fourth-order valence-electron chi connectivity index (χ4n) is 3.68. The summed E-state index contributed by atoms with van der Waals surface area (Å²) in [5.41, 5.74) is 4.02. The number of carbonyl (C=O) groups excluding carboxylic acids is 1. The van der Waals surface area contributed by atoms with E-state index in [0.29, 0.717) is 11.5 Å². The van der Waals surface area contributed by atoms with Crippen LogP contribution in [0, 0.1) is 6.92 Å². The first-order valence-corrected chi connectivity index (χ1v) is 10.1. The molecule has 3 rings (SSSR count). The normalized spacial score (nSPS) is 14.6. The second kappa shape index (κ2) is 9.65. The van der Waals surface area contributed by atoms with Crippen molar-refractivity contribution in [3.63, 3.8) is 0 Å². The molecule has 0 atom stereocenters. The summed E-state index contributed by atoms with van der Waals surface area (Å²) in [6.45, 7) is 9.63. The van der Waals surface area contributed by atoms with Crippen LogP contribution < -0.4 is 19.7 Å². The molecule has 6 nitrogen and oxygen atoms in total.